The van der Waals surface area contributed by atoms with Crippen LogP contribution in [-0.2, 0) is 13.1 Å². The van der Waals surface area contributed by atoms with Gasteiger partial charge in [-0.25, -0.2) is 0 Å². The van der Waals surface area contributed by atoms with Gasteiger partial charge in [-0.3, -0.25) is 0 Å². The van der Waals surface area contributed by atoms with E-state index in [9.17, 15) is 0 Å². The van der Waals surface area contributed by atoms with Crippen LogP contribution in [0.2, 0.25) is 0 Å². The molecule has 0 aromatic rings. The Morgan fingerprint density at radius 1 is 1.25 bits per heavy atom. The molecule has 0 nitrogen and oxygen atoms in total. The van der Waals surface area contributed by atoms with Crippen LogP contribution >= 0.6 is 20.2 Å². The van der Waals surface area contributed by atoms with Gasteiger partial charge in [0.1, 0.15) is 0 Å². The molecule has 0 amide bonds. The Morgan fingerprint density at radius 2 is 1.25 bits per heavy atom. The molecule has 0 bridgehead atoms. The van der Waals surface area contributed by atoms with Crippen LogP contribution in [0.25, 0.3) is 0 Å². The van der Waals surface area contributed by atoms with Gasteiger partial charge in [-0.2, -0.15) is 0 Å². The fourth-order valence-electron chi connectivity index (χ4n) is 0. The topological polar surface area (TPSA) is 0 Å². The predicted molar refractivity (Wildman–Crippen MR) is 18.9 cm³/mol. The van der Waals surface area contributed by atoms with Crippen molar-refractivity contribution in [2.24, 2.45) is 0 Å². The Hall–Kier alpha value is 2.10. The Kier molecular flexibility index (Phi) is 21.0. The Labute approximate surface area is 62.1 Å². The number of hydrogen-bond donors (Lipinski definition) is 0. The summed E-state index contributed by atoms with van der Waals surface area (Å²) in [5.41, 5.74) is 0. The van der Waals surface area contributed by atoms with Gasteiger partial charge in [0.2, 0.25) is 0 Å². The zero-order chi connectivity index (χ0) is 2.71. The van der Waals surface area contributed by atoms with Crippen molar-refractivity contribution in [3.05, 3.63) is 0 Å². The maximum atomic E-state index is 4.67. The molecule has 0 unspecified atom stereocenters. The van der Waals surface area contributed by atoms with Crippen molar-refractivity contribution in [3.63, 3.8) is 0 Å². The van der Waals surface area contributed by atoms with Crippen LogP contribution in [0, 0.1) is 0 Å². The predicted octanol–water partition coefficient (Wildman–Crippen LogP) is 0.728. The van der Waals surface area contributed by atoms with Crippen molar-refractivity contribution in [2.75, 3.05) is 0 Å². The zero-order valence-electron chi connectivity index (χ0n) is 1.06. The van der Waals surface area contributed by atoms with E-state index < -0.39 is 0 Å². The fourth-order valence-corrected chi connectivity index (χ4v) is 0. The second-order valence-electron chi connectivity index (χ2n) is 0.0431. The molecule has 0 aromatic heterocycles. The van der Waals surface area contributed by atoms with E-state index in [2.05, 4.69) is 20.2 Å². The van der Waals surface area contributed by atoms with E-state index in [1.54, 1.807) is 0 Å². The molecule has 0 aromatic carbocycles. The van der Waals surface area contributed by atoms with Gasteiger partial charge in [-0.05, 0) is 0 Å². The first kappa shape index (κ1) is 9.44. The number of halogens is 2. The van der Waals surface area contributed by atoms with E-state index in [0.717, 1.165) is 13.1 Å². The van der Waals surface area contributed by atoms with Gasteiger partial charge < -0.3 is 0 Å². The molecule has 0 spiro atoms. The summed E-state index contributed by atoms with van der Waals surface area (Å²) in [5, 5.41) is 0. The van der Waals surface area contributed by atoms with Crippen molar-refractivity contribution in [2.45, 2.75) is 0 Å². The molecule has 27 valence electrons. The summed E-state index contributed by atoms with van der Waals surface area (Å²) in [6.07, 6.45) is 0. The van der Waals surface area contributed by atoms with E-state index in [-0.39, 0.29) is 29.6 Å². The summed E-state index contributed by atoms with van der Waals surface area (Å²) in [5.74, 6) is 0. The molecule has 0 radical (unpaired) electrons. The standard InChI is InChI=1S/2ClH.Cu.Na.H/h2*1H;;;/q;;+2;;/p-2. The normalized spacial score (nSPS) is 5.50. The summed E-state index contributed by atoms with van der Waals surface area (Å²) < 4.78 is 0. The molecule has 0 rings (SSSR count). The van der Waals surface area contributed by atoms with Gasteiger partial charge in [-0.1, -0.05) is 0 Å². The van der Waals surface area contributed by atoms with Gasteiger partial charge in [0.15, 0.2) is 0 Å². The first-order valence-electron chi connectivity index (χ1n) is 0.228. The van der Waals surface area contributed by atoms with Crippen LogP contribution in [0.15, 0.2) is 0 Å². The molecular weight excluding hydrogens is 157 g/mol. The Bertz CT molecular complexity index is 6.00. The van der Waals surface area contributed by atoms with Crippen molar-refractivity contribution >= 4 is 49.8 Å². The van der Waals surface area contributed by atoms with Crippen LogP contribution in [0.1, 0.15) is 0 Å². The summed E-state index contributed by atoms with van der Waals surface area (Å²) in [6, 6.07) is 0. The van der Waals surface area contributed by atoms with Crippen LogP contribution in [-0.4, -0.2) is 29.6 Å². The van der Waals surface area contributed by atoms with E-state index in [1.807, 2.05) is 0 Å². The van der Waals surface area contributed by atoms with Crippen molar-refractivity contribution < 1.29 is 13.1 Å². The third kappa shape index (κ3) is 8.93. The van der Waals surface area contributed by atoms with Crippen LogP contribution < -0.4 is 0 Å². The van der Waals surface area contributed by atoms with Crippen LogP contribution in [0.3, 0.4) is 0 Å². The molecule has 0 aliphatic carbocycles. The van der Waals surface area contributed by atoms with Crippen molar-refractivity contribution in [1.29, 1.82) is 0 Å². The van der Waals surface area contributed by atoms with Gasteiger partial charge in [0, 0.05) is 0 Å². The molecule has 0 N–H and O–H groups in total. The third-order valence-corrected chi connectivity index (χ3v) is 0. The fraction of sp³-hybridized carbons (Fsp3) is 0. The molecule has 0 saturated heterocycles. The molecule has 0 atom stereocenters. The minimum atomic E-state index is 0. The van der Waals surface area contributed by atoms with E-state index in [4.69, 9.17) is 0 Å². The zero-order valence-corrected chi connectivity index (χ0v) is 3.51. The molecule has 0 heterocycles. The quantitative estimate of drug-likeness (QED) is 0.456. The van der Waals surface area contributed by atoms with Crippen molar-refractivity contribution in [1.82, 2.24) is 0 Å². The van der Waals surface area contributed by atoms with Crippen LogP contribution in [0.5, 0.6) is 0 Å². The average Bonchev–Trinajstić information content (AvgIpc) is 0.918. The molecular formula is HCl2CuNa. The summed E-state index contributed by atoms with van der Waals surface area (Å²) >= 11 is 0.757. The molecule has 4 heteroatoms. The Balaban J connectivity index is 0. The van der Waals surface area contributed by atoms with E-state index in [0.29, 0.717) is 0 Å². The van der Waals surface area contributed by atoms with Crippen molar-refractivity contribution in [3.8, 4) is 0 Å². The monoisotopic (exact) mass is 157 g/mol. The van der Waals surface area contributed by atoms with Gasteiger partial charge in [0.05, 0.1) is 0 Å². The number of hydrogen-bond acceptors (Lipinski definition) is 0. The molecule has 0 aliphatic rings. The summed E-state index contributed by atoms with van der Waals surface area (Å²) in [6.45, 7) is 0. The maximum absolute atomic E-state index is 4.67. The number of rotatable bonds is 0. The minimum absolute atomic E-state index is 0. The SMILES string of the molecule is [Cl][Cu][Cl].[NaH]. The van der Waals surface area contributed by atoms with E-state index >= 15 is 0 Å². The molecule has 0 aliphatic heterocycles. The summed E-state index contributed by atoms with van der Waals surface area (Å²) in [4.78, 5) is 0. The first-order valence-corrected chi connectivity index (χ1v) is 2.82. The second kappa shape index (κ2) is 8.92. The first-order chi connectivity index (χ1) is 1.41. The van der Waals surface area contributed by atoms with Gasteiger partial charge in [-0.15, -0.1) is 0 Å². The second-order valence-corrected chi connectivity index (χ2v) is 1.60. The third-order valence-electron chi connectivity index (χ3n) is 0. The van der Waals surface area contributed by atoms with Gasteiger partial charge >= 0.3 is 62.9 Å². The average molecular weight is 158 g/mol. The Morgan fingerprint density at radius 3 is 1.25 bits per heavy atom. The summed E-state index contributed by atoms with van der Waals surface area (Å²) in [7, 11) is 9.34. The van der Waals surface area contributed by atoms with E-state index in [1.165, 1.54) is 0 Å². The van der Waals surface area contributed by atoms with Crippen LogP contribution in [0.4, 0.5) is 0 Å². The van der Waals surface area contributed by atoms with Gasteiger partial charge in [0.25, 0.3) is 0 Å². The molecule has 0 saturated carbocycles. The molecule has 4 heavy (non-hydrogen) atoms. The molecule has 0 fully saturated rings.